The van der Waals surface area contributed by atoms with Crippen molar-refractivity contribution in [2.45, 2.75) is 13.0 Å². The minimum absolute atomic E-state index is 0.201. The van der Waals surface area contributed by atoms with Gasteiger partial charge < -0.3 is 16.2 Å². The molecule has 1 atom stereocenters. The molecule has 0 bridgehead atoms. The van der Waals surface area contributed by atoms with Gasteiger partial charge in [-0.05, 0) is 25.1 Å². The van der Waals surface area contributed by atoms with Crippen molar-refractivity contribution in [3.63, 3.8) is 0 Å². The zero-order valence-electron chi connectivity index (χ0n) is 11.1. The van der Waals surface area contributed by atoms with Crippen molar-refractivity contribution < 1.29 is 9.53 Å². The third-order valence-electron chi connectivity index (χ3n) is 2.90. The monoisotopic (exact) mass is 325 g/mol. The van der Waals surface area contributed by atoms with Crippen molar-refractivity contribution in [3.05, 3.63) is 51.8 Å². The molecule has 0 aliphatic rings. The second kappa shape index (κ2) is 6.20. The van der Waals surface area contributed by atoms with E-state index in [-0.39, 0.29) is 5.56 Å². The van der Waals surface area contributed by atoms with Crippen LogP contribution in [-0.2, 0) is 0 Å². The number of nitrogen functional groups attached to an aromatic ring is 1. The lowest BCUT2D eigenvalue weighted by Gasteiger charge is -2.18. The number of primary amides is 1. The summed E-state index contributed by atoms with van der Waals surface area (Å²) in [5, 5.41) is 0.807. The van der Waals surface area contributed by atoms with Gasteiger partial charge in [0.25, 0.3) is 5.91 Å². The van der Waals surface area contributed by atoms with Gasteiger partial charge in [0, 0.05) is 23.6 Å². The first-order valence-corrected chi connectivity index (χ1v) is 6.80. The maximum absolute atomic E-state index is 11.3. The molecular weight excluding hydrogens is 313 g/mol. The third kappa shape index (κ3) is 3.37. The van der Waals surface area contributed by atoms with Crippen molar-refractivity contribution in [2.75, 3.05) is 5.73 Å². The highest BCUT2D eigenvalue weighted by Crippen LogP contribution is 2.32. The molecule has 0 saturated carbocycles. The van der Waals surface area contributed by atoms with Crippen LogP contribution in [0.25, 0.3) is 0 Å². The van der Waals surface area contributed by atoms with Gasteiger partial charge in [-0.3, -0.25) is 9.78 Å². The number of rotatable bonds is 4. The normalized spacial score (nSPS) is 12.0. The number of hydrogen-bond donors (Lipinski definition) is 2. The summed E-state index contributed by atoms with van der Waals surface area (Å²) in [5.41, 5.74) is 12.0. The molecule has 0 aliphatic heterocycles. The van der Waals surface area contributed by atoms with E-state index < -0.39 is 12.0 Å². The Bertz CT molecular complexity index is 672. The predicted molar refractivity (Wildman–Crippen MR) is 82.7 cm³/mol. The van der Waals surface area contributed by atoms with E-state index in [1.165, 1.54) is 18.5 Å². The Morgan fingerprint density at radius 3 is 2.48 bits per heavy atom. The van der Waals surface area contributed by atoms with E-state index >= 15 is 0 Å². The smallest absolute Gasteiger partial charge is 0.250 e. The van der Waals surface area contributed by atoms with Gasteiger partial charge in [0.05, 0.1) is 15.6 Å². The Kier molecular flexibility index (Phi) is 4.55. The number of amides is 1. The summed E-state index contributed by atoms with van der Waals surface area (Å²) in [5.74, 6) is -0.181. The highest BCUT2D eigenvalue weighted by atomic mass is 35.5. The van der Waals surface area contributed by atoms with Crippen LogP contribution in [0.5, 0.6) is 5.75 Å². The lowest BCUT2D eigenvalue weighted by Crippen LogP contribution is -2.14. The molecule has 2 aromatic rings. The van der Waals surface area contributed by atoms with Gasteiger partial charge in [-0.15, -0.1) is 0 Å². The van der Waals surface area contributed by atoms with E-state index in [9.17, 15) is 4.79 Å². The molecule has 4 N–H and O–H groups in total. The van der Waals surface area contributed by atoms with Crippen LogP contribution in [0, 0.1) is 0 Å². The molecule has 2 rings (SSSR count). The zero-order chi connectivity index (χ0) is 15.6. The summed E-state index contributed by atoms with van der Waals surface area (Å²) in [6.07, 6.45) is 2.54. The molecule has 110 valence electrons. The van der Waals surface area contributed by atoms with Crippen LogP contribution in [0.15, 0.2) is 30.6 Å². The Morgan fingerprint density at radius 1 is 1.29 bits per heavy atom. The fraction of sp³-hybridized carbons (Fsp3) is 0.143. The number of ether oxygens (including phenoxy) is 1. The minimum Gasteiger partial charge on any atom is -0.486 e. The Morgan fingerprint density at radius 2 is 1.90 bits per heavy atom. The average Bonchev–Trinajstić information content (AvgIpc) is 2.40. The molecular formula is C14H13Cl2N3O2. The molecule has 1 aromatic carbocycles. The molecule has 1 unspecified atom stereocenters. The van der Waals surface area contributed by atoms with Crippen molar-refractivity contribution in [2.24, 2.45) is 5.73 Å². The second-order valence-corrected chi connectivity index (χ2v) is 5.20. The number of carbonyl (C=O) groups excluding carboxylic acids is 1. The first-order chi connectivity index (χ1) is 9.90. The van der Waals surface area contributed by atoms with Gasteiger partial charge in [0.2, 0.25) is 0 Å². The number of carbonyl (C=O) groups is 1. The Balaban J connectivity index is 2.30. The lowest BCUT2D eigenvalue weighted by molar-refractivity contribution is 0.100. The van der Waals surface area contributed by atoms with Crippen molar-refractivity contribution in [1.29, 1.82) is 0 Å². The van der Waals surface area contributed by atoms with Gasteiger partial charge >= 0.3 is 0 Å². The number of halogens is 2. The maximum atomic E-state index is 11.3. The van der Waals surface area contributed by atoms with Gasteiger partial charge in [-0.1, -0.05) is 23.2 Å². The lowest BCUT2D eigenvalue weighted by atomic mass is 10.1. The quantitative estimate of drug-likeness (QED) is 0.844. The van der Waals surface area contributed by atoms with E-state index in [0.29, 0.717) is 27.0 Å². The summed E-state index contributed by atoms with van der Waals surface area (Å²) in [6, 6.07) is 4.68. The number of anilines is 1. The maximum Gasteiger partial charge on any atom is 0.250 e. The molecule has 7 heteroatoms. The number of pyridine rings is 1. The highest BCUT2D eigenvalue weighted by molar-refractivity contribution is 6.35. The van der Waals surface area contributed by atoms with Crippen LogP contribution >= 0.6 is 23.2 Å². The topological polar surface area (TPSA) is 91.2 Å². The summed E-state index contributed by atoms with van der Waals surface area (Å²) >= 11 is 12.2. The molecule has 1 heterocycles. The third-order valence-corrected chi connectivity index (χ3v) is 3.50. The molecule has 0 radical (unpaired) electrons. The highest BCUT2D eigenvalue weighted by Gasteiger charge is 2.17. The standard InChI is InChI=1S/C14H13Cl2N3O2/c1-7(13-10(15)5-19-6-11(13)16)21-8-2-3-12(17)9(4-8)14(18)20/h2-7H,17H2,1H3,(H2,18,20). The van der Waals surface area contributed by atoms with Crippen LogP contribution in [0.1, 0.15) is 28.9 Å². The average molecular weight is 326 g/mol. The minimum atomic E-state index is -0.620. The Labute approximate surface area is 131 Å². The summed E-state index contributed by atoms with van der Waals surface area (Å²) in [4.78, 5) is 15.2. The molecule has 0 spiro atoms. The van der Waals surface area contributed by atoms with Gasteiger partial charge in [-0.2, -0.15) is 0 Å². The van der Waals surface area contributed by atoms with Crippen molar-refractivity contribution in [1.82, 2.24) is 4.98 Å². The fourth-order valence-corrected chi connectivity index (χ4v) is 2.57. The van der Waals surface area contributed by atoms with Crippen LogP contribution in [-0.4, -0.2) is 10.9 Å². The summed E-state index contributed by atoms with van der Waals surface area (Å²) in [6.45, 7) is 1.79. The second-order valence-electron chi connectivity index (χ2n) is 4.39. The SMILES string of the molecule is CC(Oc1ccc(N)c(C(N)=O)c1)c1c(Cl)cncc1Cl. The number of benzene rings is 1. The predicted octanol–water partition coefficient (Wildman–Crippen LogP) is 3.21. The van der Waals surface area contributed by atoms with Gasteiger partial charge in [0.1, 0.15) is 11.9 Å². The molecule has 0 fully saturated rings. The largest absolute Gasteiger partial charge is 0.486 e. The Hall–Kier alpha value is -1.98. The van der Waals surface area contributed by atoms with E-state index in [1.54, 1.807) is 19.1 Å². The fourth-order valence-electron chi connectivity index (χ4n) is 1.89. The van der Waals surface area contributed by atoms with E-state index in [0.717, 1.165) is 0 Å². The molecule has 5 nitrogen and oxygen atoms in total. The van der Waals surface area contributed by atoms with Crippen LogP contribution in [0.3, 0.4) is 0 Å². The molecule has 0 aliphatic carbocycles. The molecule has 21 heavy (non-hydrogen) atoms. The summed E-state index contributed by atoms with van der Waals surface area (Å²) in [7, 11) is 0. The van der Waals surface area contributed by atoms with E-state index in [4.69, 9.17) is 39.4 Å². The summed E-state index contributed by atoms with van der Waals surface area (Å²) < 4.78 is 5.75. The van der Waals surface area contributed by atoms with E-state index in [1.807, 2.05) is 0 Å². The first-order valence-electron chi connectivity index (χ1n) is 6.05. The van der Waals surface area contributed by atoms with Crippen LogP contribution in [0.2, 0.25) is 10.0 Å². The van der Waals surface area contributed by atoms with E-state index in [2.05, 4.69) is 4.98 Å². The van der Waals surface area contributed by atoms with Gasteiger partial charge in [0.15, 0.2) is 0 Å². The number of aromatic nitrogens is 1. The molecule has 1 aromatic heterocycles. The number of hydrogen-bond acceptors (Lipinski definition) is 4. The molecule has 1 amide bonds. The number of nitrogens with zero attached hydrogens (tertiary/aromatic N) is 1. The van der Waals surface area contributed by atoms with Crippen LogP contribution < -0.4 is 16.2 Å². The van der Waals surface area contributed by atoms with Crippen LogP contribution in [0.4, 0.5) is 5.69 Å². The molecule has 0 saturated heterocycles. The number of nitrogens with two attached hydrogens (primary N) is 2. The first kappa shape index (κ1) is 15.4. The van der Waals surface area contributed by atoms with Crippen molar-refractivity contribution >= 4 is 34.8 Å². The zero-order valence-corrected chi connectivity index (χ0v) is 12.7. The van der Waals surface area contributed by atoms with Crippen molar-refractivity contribution in [3.8, 4) is 5.75 Å². The van der Waals surface area contributed by atoms with Gasteiger partial charge in [-0.25, -0.2) is 0 Å².